The van der Waals surface area contributed by atoms with Crippen LogP contribution in [0.3, 0.4) is 0 Å². The number of aromatic nitrogens is 2. The van der Waals surface area contributed by atoms with Gasteiger partial charge in [0.15, 0.2) is 0 Å². The molecule has 2 aromatic heterocycles. The lowest BCUT2D eigenvalue weighted by atomic mass is 10.2. The van der Waals surface area contributed by atoms with Crippen molar-refractivity contribution in [3.63, 3.8) is 0 Å². The van der Waals surface area contributed by atoms with E-state index in [1.165, 1.54) is 0 Å². The van der Waals surface area contributed by atoms with Crippen molar-refractivity contribution < 1.29 is 4.79 Å². The highest BCUT2D eigenvalue weighted by Gasteiger charge is 2.13. The maximum Gasteiger partial charge on any atom is 0.259 e. The van der Waals surface area contributed by atoms with Crippen LogP contribution in [0.25, 0.3) is 0 Å². The van der Waals surface area contributed by atoms with Gasteiger partial charge in [-0.15, -0.1) is 0 Å². The number of nitrogens with zero attached hydrogens (tertiary/aromatic N) is 3. The van der Waals surface area contributed by atoms with Gasteiger partial charge in [0.25, 0.3) is 5.91 Å². The SMILES string of the molecule is Cc1ccc(C(=O)N(C)c2cccnc2)cn1. The number of carbonyl (C=O) groups excluding carboxylic acids is 1. The van der Waals surface area contributed by atoms with Gasteiger partial charge in [-0.25, -0.2) is 0 Å². The molecule has 0 saturated carbocycles. The van der Waals surface area contributed by atoms with Gasteiger partial charge >= 0.3 is 0 Å². The van der Waals surface area contributed by atoms with E-state index in [-0.39, 0.29) is 5.91 Å². The predicted molar refractivity (Wildman–Crippen MR) is 65.9 cm³/mol. The molecule has 2 aromatic rings. The fourth-order valence-corrected chi connectivity index (χ4v) is 1.46. The topological polar surface area (TPSA) is 46.1 Å². The minimum atomic E-state index is -0.0921. The zero-order valence-corrected chi connectivity index (χ0v) is 9.79. The Labute approximate surface area is 99.9 Å². The molecule has 0 aromatic carbocycles. The van der Waals surface area contributed by atoms with Crippen LogP contribution >= 0.6 is 0 Å². The summed E-state index contributed by atoms with van der Waals surface area (Å²) in [4.78, 5) is 21.8. The molecular formula is C13H13N3O. The molecule has 0 spiro atoms. The lowest BCUT2D eigenvalue weighted by Gasteiger charge is -2.16. The Morgan fingerprint density at radius 1 is 1.24 bits per heavy atom. The van der Waals surface area contributed by atoms with Gasteiger partial charge in [-0.3, -0.25) is 14.8 Å². The highest BCUT2D eigenvalue weighted by atomic mass is 16.2. The number of hydrogen-bond acceptors (Lipinski definition) is 3. The van der Waals surface area contributed by atoms with Crippen molar-refractivity contribution in [1.29, 1.82) is 0 Å². The number of aryl methyl sites for hydroxylation is 1. The molecule has 86 valence electrons. The third kappa shape index (κ3) is 2.47. The lowest BCUT2D eigenvalue weighted by Crippen LogP contribution is -2.26. The molecule has 0 radical (unpaired) electrons. The number of pyridine rings is 2. The Kier molecular flexibility index (Phi) is 3.14. The van der Waals surface area contributed by atoms with Crippen LogP contribution < -0.4 is 4.90 Å². The maximum atomic E-state index is 12.1. The molecule has 2 heterocycles. The van der Waals surface area contributed by atoms with Gasteiger partial charge in [0.2, 0.25) is 0 Å². The summed E-state index contributed by atoms with van der Waals surface area (Å²) in [5, 5.41) is 0. The Morgan fingerprint density at radius 2 is 2.06 bits per heavy atom. The predicted octanol–water partition coefficient (Wildman–Crippen LogP) is 2.06. The molecule has 0 atom stereocenters. The lowest BCUT2D eigenvalue weighted by molar-refractivity contribution is 0.0992. The Balaban J connectivity index is 2.23. The van der Waals surface area contributed by atoms with Gasteiger partial charge in [0.1, 0.15) is 0 Å². The fraction of sp³-hybridized carbons (Fsp3) is 0.154. The van der Waals surface area contributed by atoms with E-state index in [2.05, 4.69) is 9.97 Å². The summed E-state index contributed by atoms with van der Waals surface area (Å²) in [6.45, 7) is 1.89. The first-order chi connectivity index (χ1) is 8.18. The highest BCUT2D eigenvalue weighted by molar-refractivity contribution is 6.05. The number of carbonyl (C=O) groups is 1. The molecule has 0 aliphatic heterocycles. The summed E-state index contributed by atoms with van der Waals surface area (Å²) < 4.78 is 0. The second-order valence-corrected chi connectivity index (χ2v) is 3.76. The summed E-state index contributed by atoms with van der Waals surface area (Å²) >= 11 is 0. The number of amides is 1. The third-order valence-corrected chi connectivity index (χ3v) is 2.50. The Hall–Kier alpha value is -2.23. The van der Waals surface area contributed by atoms with Crippen LogP contribution in [-0.4, -0.2) is 22.9 Å². The summed E-state index contributed by atoms with van der Waals surface area (Å²) in [7, 11) is 1.72. The van der Waals surface area contributed by atoms with Crippen molar-refractivity contribution in [3.8, 4) is 0 Å². The van der Waals surface area contributed by atoms with Crippen molar-refractivity contribution in [2.24, 2.45) is 0 Å². The fourth-order valence-electron chi connectivity index (χ4n) is 1.46. The van der Waals surface area contributed by atoms with Gasteiger partial charge in [0.05, 0.1) is 17.4 Å². The molecule has 4 heteroatoms. The van der Waals surface area contributed by atoms with Crippen LogP contribution in [0.4, 0.5) is 5.69 Å². The highest BCUT2D eigenvalue weighted by Crippen LogP contribution is 2.13. The molecule has 0 bridgehead atoms. The van der Waals surface area contributed by atoms with E-state index in [0.29, 0.717) is 5.56 Å². The van der Waals surface area contributed by atoms with Gasteiger partial charge in [-0.2, -0.15) is 0 Å². The zero-order valence-electron chi connectivity index (χ0n) is 9.79. The van der Waals surface area contributed by atoms with Crippen molar-refractivity contribution in [2.75, 3.05) is 11.9 Å². The average molecular weight is 227 g/mol. The molecule has 0 N–H and O–H groups in total. The quantitative estimate of drug-likeness (QED) is 0.789. The molecule has 2 rings (SSSR count). The summed E-state index contributed by atoms with van der Waals surface area (Å²) in [6, 6.07) is 7.24. The summed E-state index contributed by atoms with van der Waals surface area (Å²) in [6.07, 6.45) is 4.92. The first-order valence-electron chi connectivity index (χ1n) is 5.29. The molecule has 0 fully saturated rings. The van der Waals surface area contributed by atoms with Gasteiger partial charge in [-0.1, -0.05) is 0 Å². The van der Waals surface area contributed by atoms with Crippen LogP contribution in [0.2, 0.25) is 0 Å². The normalized spacial score (nSPS) is 10.0. The smallest absolute Gasteiger partial charge is 0.259 e. The van der Waals surface area contributed by atoms with Crippen LogP contribution in [0.1, 0.15) is 16.1 Å². The first kappa shape index (κ1) is 11.3. The average Bonchev–Trinajstić information content (AvgIpc) is 2.39. The molecule has 0 saturated heterocycles. The molecule has 0 unspecified atom stereocenters. The second-order valence-electron chi connectivity index (χ2n) is 3.76. The monoisotopic (exact) mass is 227 g/mol. The first-order valence-corrected chi connectivity index (χ1v) is 5.29. The van der Waals surface area contributed by atoms with Crippen molar-refractivity contribution in [1.82, 2.24) is 9.97 Å². The van der Waals surface area contributed by atoms with Crippen LogP contribution in [0, 0.1) is 6.92 Å². The van der Waals surface area contributed by atoms with Crippen LogP contribution in [0.5, 0.6) is 0 Å². The number of anilines is 1. The van der Waals surface area contributed by atoms with Crippen molar-refractivity contribution in [3.05, 3.63) is 54.1 Å². The minimum Gasteiger partial charge on any atom is -0.310 e. The van der Waals surface area contributed by atoms with Crippen molar-refractivity contribution >= 4 is 11.6 Å². The van der Waals surface area contributed by atoms with Crippen LogP contribution in [0.15, 0.2) is 42.9 Å². The molecular weight excluding hydrogens is 214 g/mol. The molecule has 0 aliphatic carbocycles. The van der Waals surface area contributed by atoms with Gasteiger partial charge in [0, 0.05) is 25.1 Å². The molecule has 4 nitrogen and oxygen atoms in total. The van der Waals surface area contributed by atoms with E-state index in [1.54, 1.807) is 42.7 Å². The van der Waals surface area contributed by atoms with Crippen LogP contribution in [-0.2, 0) is 0 Å². The summed E-state index contributed by atoms with van der Waals surface area (Å²) in [5.41, 5.74) is 2.23. The minimum absolute atomic E-state index is 0.0921. The summed E-state index contributed by atoms with van der Waals surface area (Å²) in [5.74, 6) is -0.0921. The van der Waals surface area contributed by atoms with E-state index in [1.807, 2.05) is 19.1 Å². The zero-order chi connectivity index (χ0) is 12.3. The number of hydrogen-bond donors (Lipinski definition) is 0. The van der Waals surface area contributed by atoms with E-state index in [4.69, 9.17) is 0 Å². The second kappa shape index (κ2) is 4.74. The largest absolute Gasteiger partial charge is 0.310 e. The number of rotatable bonds is 2. The van der Waals surface area contributed by atoms with E-state index in [0.717, 1.165) is 11.4 Å². The molecule has 17 heavy (non-hydrogen) atoms. The van der Waals surface area contributed by atoms with Crippen molar-refractivity contribution in [2.45, 2.75) is 6.92 Å². The Morgan fingerprint density at radius 3 is 2.65 bits per heavy atom. The van der Waals surface area contributed by atoms with Gasteiger partial charge < -0.3 is 4.90 Å². The van der Waals surface area contributed by atoms with E-state index >= 15 is 0 Å². The standard InChI is InChI=1S/C13H13N3O/c1-10-5-6-11(8-15-10)13(17)16(2)12-4-3-7-14-9-12/h3-9H,1-2H3. The maximum absolute atomic E-state index is 12.1. The molecule has 0 aliphatic rings. The van der Waals surface area contributed by atoms with E-state index in [9.17, 15) is 4.79 Å². The van der Waals surface area contributed by atoms with E-state index < -0.39 is 0 Å². The van der Waals surface area contributed by atoms with Gasteiger partial charge in [-0.05, 0) is 31.2 Å². The Bertz CT molecular complexity index is 508. The molecule has 1 amide bonds. The third-order valence-electron chi connectivity index (χ3n) is 2.50.